The summed E-state index contributed by atoms with van der Waals surface area (Å²) in [6.07, 6.45) is 9.34. The normalized spacial score (nSPS) is 21.9. The lowest BCUT2D eigenvalue weighted by Gasteiger charge is -2.37. The van der Waals surface area contributed by atoms with Crippen LogP contribution in [0.5, 0.6) is 0 Å². The Kier molecular flexibility index (Phi) is 3.33. The molecule has 16 heavy (non-hydrogen) atoms. The fraction of sp³-hybridized carbons (Fsp3) is 0.769. The van der Waals surface area contributed by atoms with E-state index in [0.29, 0.717) is 0 Å². The van der Waals surface area contributed by atoms with Gasteiger partial charge in [-0.15, -0.1) is 0 Å². The molecule has 1 aliphatic carbocycles. The van der Waals surface area contributed by atoms with Crippen molar-refractivity contribution in [3.63, 3.8) is 0 Å². The van der Waals surface area contributed by atoms with Gasteiger partial charge >= 0.3 is 0 Å². The second-order valence-electron chi connectivity index (χ2n) is 5.19. The van der Waals surface area contributed by atoms with Gasteiger partial charge in [0.2, 0.25) is 0 Å². The zero-order valence-electron chi connectivity index (χ0n) is 10.3. The molecule has 0 aromatic carbocycles. The first-order valence-electron chi connectivity index (χ1n) is 6.36. The van der Waals surface area contributed by atoms with Crippen LogP contribution in [-0.2, 0) is 6.54 Å². The molecule has 0 amide bonds. The highest BCUT2D eigenvalue weighted by atomic mass is 16.3. The van der Waals surface area contributed by atoms with Crippen LogP contribution in [0.25, 0.3) is 0 Å². The molecule has 0 bridgehead atoms. The zero-order valence-corrected chi connectivity index (χ0v) is 10.3. The van der Waals surface area contributed by atoms with Crippen LogP contribution in [-0.4, -0.2) is 14.7 Å². The summed E-state index contributed by atoms with van der Waals surface area (Å²) in [5, 5.41) is 10.5. The minimum absolute atomic E-state index is 0.0243. The van der Waals surface area contributed by atoms with Gasteiger partial charge in [-0.2, -0.15) is 0 Å². The Bertz CT molecular complexity index is 339. The third-order valence-electron chi connectivity index (χ3n) is 3.99. The van der Waals surface area contributed by atoms with Gasteiger partial charge in [0.15, 0.2) is 0 Å². The molecule has 1 aromatic rings. The van der Waals surface area contributed by atoms with E-state index in [2.05, 4.69) is 18.8 Å². The minimum Gasteiger partial charge on any atom is -0.385 e. The third-order valence-corrected chi connectivity index (χ3v) is 3.99. The largest absolute Gasteiger partial charge is 0.385 e. The first-order valence-corrected chi connectivity index (χ1v) is 6.36. The molecule has 3 heteroatoms. The summed E-state index contributed by atoms with van der Waals surface area (Å²) in [5.41, 5.74) is 0.0243. The smallest absolute Gasteiger partial charge is 0.138 e. The Balaban J connectivity index is 2.20. The first-order chi connectivity index (χ1) is 7.67. The standard InChI is InChI=1S/C13H22N2O/c1-3-15-10-9-14-12(15)11(16)13(2)7-5-4-6-8-13/h9-11,16H,3-8H2,1-2H3. The summed E-state index contributed by atoms with van der Waals surface area (Å²) in [5.74, 6) is 0.840. The number of hydrogen-bond acceptors (Lipinski definition) is 2. The van der Waals surface area contributed by atoms with Crippen LogP contribution in [0.1, 0.15) is 57.9 Å². The molecule has 1 aliphatic rings. The molecular formula is C13H22N2O. The van der Waals surface area contributed by atoms with E-state index in [0.717, 1.165) is 25.2 Å². The lowest BCUT2D eigenvalue weighted by Crippen LogP contribution is -2.30. The van der Waals surface area contributed by atoms with E-state index in [4.69, 9.17) is 0 Å². The highest BCUT2D eigenvalue weighted by molar-refractivity contribution is 5.02. The van der Waals surface area contributed by atoms with Crippen molar-refractivity contribution in [2.45, 2.75) is 58.6 Å². The van der Waals surface area contributed by atoms with Crippen molar-refractivity contribution in [2.24, 2.45) is 5.41 Å². The van der Waals surface area contributed by atoms with Gasteiger partial charge in [-0.1, -0.05) is 26.2 Å². The quantitative estimate of drug-likeness (QED) is 0.854. The van der Waals surface area contributed by atoms with Crippen molar-refractivity contribution in [3.05, 3.63) is 18.2 Å². The van der Waals surface area contributed by atoms with Gasteiger partial charge in [0, 0.05) is 24.4 Å². The third kappa shape index (κ3) is 2.01. The predicted octanol–water partition coefficient (Wildman–Crippen LogP) is 2.91. The average Bonchev–Trinajstić information content (AvgIpc) is 2.77. The van der Waals surface area contributed by atoms with Crippen LogP contribution in [0, 0.1) is 5.41 Å². The van der Waals surface area contributed by atoms with Gasteiger partial charge in [0.1, 0.15) is 11.9 Å². The lowest BCUT2D eigenvalue weighted by atomic mass is 9.71. The Morgan fingerprint density at radius 3 is 2.75 bits per heavy atom. The molecule has 1 heterocycles. The highest BCUT2D eigenvalue weighted by Crippen LogP contribution is 2.45. The highest BCUT2D eigenvalue weighted by Gasteiger charge is 2.37. The molecule has 0 saturated heterocycles. The van der Waals surface area contributed by atoms with Crippen molar-refractivity contribution in [1.29, 1.82) is 0 Å². The summed E-state index contributed by atoms with van der Waals surface area (Å²) in [7, 11) is 0. The molecule has 1 N–H and O–H groups in total. The number of imidazole rings is 1. The topological polar surface area (TPSA) is 38.0 Å². The Hall–Kier alpha value is -0.830. The van der Waals surface area contributed by atoms with Gasteiger partial charge in [0.05, 0.1) is 0 Å². The maximum Gasteiger partial charge on any atom is 0.138 e. The molecule has 90 valence electrons. The Morgan fingerprint density at radius 2 is 2.12 bits per heavy atom. The molecule has 1 atom stereocenters. The average molecular weight is 222 g/mol. The fourth-order valence-corrected chi connectivity index (χ4v) is 2.78. The van der Waals surface area contributed by atoms with Crippen LogP contribution in [0.15, 0.2) is 12.4 Å². The molecule has 3 nitrogen and oxygen atoms in total. The van der Waals surface area contributed by atoms with Crippen molar-refractivity contribution < 1.29 is 5.11 Å². The number of aliphatic hydroxyl groups excluding tert-OH is 1. The minimum atomic E-state index is -0.414. The second kappa shape index (κ2) is 4.58. The van der Waals surface area contributed by atoms with Crippen molar-refractivity contribution in [1.82, 2.24) is 9.55 Å². The molecular weight excluding hydrogens is 200 g/mol. The van der Waals surface area contributed by atoms with E-state index in [1.807, 2.05) is 10.8 Å². The Labute approximate surface area is 97.5 Å². The number of hydrogen-bond donors (Lipinski definition) is 1. The van der Waals surface area contributed by atoms with Crippen LogP contribution in [0.3, 0.4) is 0 Å². The second-order valence-corrected chi connectivity index (χ2v) is 5.19. The first kappa shape index (κ1) is 11.6. The number of nitrogens with zero attached hydrogens (tertiary/aromatic N) is 2. The summed E-state index contributed by atoms with van der Waals surface area (Å²) in [6.45, 7) is 5.16. The predicted molar refractivity (Wildman–Crippen MR) is 64.1 cm³/mol. The maximum atomic E-state index is 10.5. The molecule has 1 aromatic heterocycles. The van der Waals surface area contributed by atoms with E-state index >= 15 is 0 Å². The van der Waals surface area contributed by atoms with E-state index in [-0.39, 0.29) is 5.41 Å². The molecule has 0 radical (unpaired) electrons. The van der Waals surface area contributed by atoms with Crippen molar-refractivity contribution >= 4 is 0 Å². The van der Waals surface area contributed by atoms with Crippen LogP contribution in [0.2, 0.25) is 0 Å². The van der Waals surface area contributed by atoms with Crippen molar-refractivity contribution in [2.75, 3.05) is 0 Å². The van der Waals surface area contributed by atoms with Crippen LogP contribution in [0.4, 0.5) is 0 Å². The number of aliphatic hydroxyl groups is 1. The Morgan fingerprint density at radius 1 is 1.44 bits per heavy atom. The van der Waals surface area contributed by atoms with Crippen LogP contribution >= 0.6 is 0 Å². The zero-order chi connectivity index (χ0) is 11.6. The van der Waals surface area contributed by atoms with Gasteiger partial charge in [-0.25, -0.2) is 4.98 Å². The van der Waals surface area contributed by atoms with Crippen molar-refractivity contribution in [3.8, 4) is 0 Å². The van der Waals surface area contributed by atoms with Gasteiger partial charge in [-0.05, 0) is 19.8 Å². The van der Waals surface area contributed by atoms with E-state index in [9.17, 15) is 5.11 Å². The maximum absolute atomic E-state index is 10.5. The summed E-state index contributed by atoms with van der Waals surface area (Å²) >= 11 is 0. The molecule has 2 rings (SSSR count). The fourth-order valence-electron chi connectivity index (χ4n) is 2.78. The van der Waals surface area contributed by atoms with E-state index in [1.165, 1.54) is 19.3 Å². The summed E-state index contributed by atoms with van der Waals surface area (Å²) < 4.78 is 2.05. The SMILES string of the molecule is CCn1ccnc1C(O)C1(C)CCCCC1. The molecule has 1 fully saturated rings. The van der Waals surface area contributed by atoms with E-state index in [1.54, 1.807) is 6.20 Å². The summed E-state index contributed by atoms with van der Waals surface area (Å²) in [4.78, 5) is 4.32. The number of aromatic nitrogens is 2. The number of rotatable bonds is 3. The van der Waals surface area contributed by atoms with Gasteiger partial charge < -0.3 is 9.67 Å². The monoisotopic (exact) mass is 222 g/mol. The molecule has 0 spiro atoms. The number of aryl methyl sites for hydroxylation is 1. The molecule has 1 unspecified atom stereocenters. The lowest BCUT2D eigenvalue weighted by molar-refractivity contribution is -0.0000951. The van der Waals surface area contributed by atoms with E-state index < -0.39 is 6.10 Å². The van der Waals surface area contributed by atoms with Crippen LogP contribution < -0.4 is 0 Å². The van der Waals surface area contributed by atoms with Gasteiger partial charge in [-0.3, -0.25) is 0 Å². The molecule has 0 aliphatic heterocycles. The molecule has 1 saturated carbocycles. The van der Waals surface area contributed by atoms with Gasteiger partial charge in [0.25, 0.3) is 0 Å². The summed E-state index contributed by atoms with van der Waals surface area (Å²) in [6, 6.07) is 0.